The average Bonchev–Trinajstić information content (AvgIpc) is 2.98. The van der Waals surface area contributed by atoms with Crippen LogP contribution in [0.15, 0.2) is 65.1 Å². The van der Waals surface area contributed by atoms with E-state index in [9.17, 15) is 13.2 Å². The van der Waals surface area contributed by atoms with Crippen LogP contribution in [0.2, 0.25) is 0 Å². The first-order valence-electron chi connectivity index (χ1n) is 6.84. The molecule has 0 bridgehead atoms. The molecular formula is C17H12F3NO2. The Bertz CT molecular complexity index is 768. The van der Waals surface area contributed by atoms with E-state index in [4.69, 9.17) is 9.15 Å². The molecule has 0 saturated heterocycles. The van der Waals surface area contributed by atoms with Crippen LogP contribution in [0.5, 0.6) is 5.88 Å². The van der Waals surface area contributed by atoms with Crippen LogP contribution in [0, 0.1) is 0 Å². The number of aromatic nitrogens is 1. The maximum absolute atomic E-state index is 12.4. The van der Waals surface area contributed by atoms with Crippen molar-refractivity contribution in [3.05, 3.63) is 60.7 Å². The molecule has 118 valence electrons. The van der Waals surface area contributed by atoms with Gasteiger partial charge in [0.1, 0.15) is 0 Å². The Morgan fingerprint density at radius 2 is 1.43 bits per heavy atom. The van der Waals surface area contributed by atoms with Gasteiger partial charge in [-0.1, -0.05) is 48.5 Å². The van der Waals surface area contributed by atoms with Crippen molar-refractivity contribution < 1.29 is 22.3 Å². The molecule has 3 rings (SSSR count). The van der Waals surface area contributed by atoms with E-state index in [1.165, 1.54) is 0 Å². The van der Waals surface area contributed by atoms with Gasteiger partial charge in [-0.3, -0.25) is 0 Å². The summed E-state index contributed by atoms with van der Waals surface area (Å²) in [4.78, 5) is 4.07. The molecule has 3 aromatic rings. The predicted octanol–water partition coefficient (Wildman–Crippen LogP) is 4.95. The molecule has 0 amide bonds. The van der Waals surface area contributed by atoms with Gasteiger partial charge in [0.05, 0.1) is 0 Å². The zero-order valence-corrected chi connectivity index (χ0v) is 11.9. The summed E-state index contributed by atoms with van der Waals surface area (Å²) in [6.07, 6.45) is -4.44. The van der Waals surface area contributed by atoms with Gasteiger partial charge in [-0.15, -0.1) is 0 Å². The summed E-state index contributed by atoms with van der Waals surface area (Å²) in [7, 11) is 0. The molecule has 0 aliphatic rings. The van der Waals surface area contributed by atoms with E-state index in [2.05, 4.69) is 4.98 Å². The Kier molecular flexibility index (Phi) is 4.06. The van der Waals surface area contributed by atoms with Gasteiger partial charge in [0, 0.05) is 11.1 Å². The second-order valence-corrected chi connectivity index (χ2v) is 4.79. The van der Waals surface area contributed by atoms with Crippen molar-refractivity contribution in [3.8, 4) is 28.7 Å². The molecule has 23 heavy (non-hydrogen) atoms. The van der Waals surface area contributed by atoms with Crippen LogP contribution in [0.1, 0.15) is 0 Å². The van der Waals surface area contributed by atoms with Crippen molar-refractivity contribution in [1.29, 1.82) is 0 Å². The molecule has 0 atom stereocenters. The number of benzene rings is 2. The number of ether oxygens (including phenoxy) is 1. The number of halogens is 3. The first-order valence-corrected chi connectivity index (χ1v) is 6.84. The molecule has 1 aromatic heterocycles. The maximum Gasteiger partial charge on any atom is 0.422 e. The quantitative estimate of drug-likeness (QED) is 0.682. The predicted molar refractivity (Wildman–Crippen MR) is 78.9 cm³/mol. The molecule has 0 spiro atoms. The third-order valence-corrected chi connectivity index (χ3v) is 3.03. The highest BCUT2D eigenvalue weighted by Crippen LogP contribution is 2.35. The molecule has 3 nitrogen and oxygen atoms in total. The Hall–Kier alpha value is -2.76. The van der Waals surface area contributed by atoms with E-state index < -0.39 is 12.8 Å². The number of oxazole rings is 1. The lowest BCUT2D eigenvalue weighted by Crippen LogP contribution is -2.19. The minimum atomic E-state index is -4.44. The summed E-state index contributed by atoms with van der Waals surface area (Å²) in [5.41, 5.74) is 1.26. The van der Waals surface area contributed by atoms with Crippen LogP contribution in [-0.2, 0) is 0 Å². The molecule has 0 N–H and O–H groups in total. The van der Waals surface area contributed by atoms with Gasteiger partial charge in [-0.25, -0.2) is 0 Å². The van der Waals surface area contributed by atoms with Crippen LogP contribution in [-0.4, -0.2) is 17.8 Å². The fraction of sp³-hybridized carbons (Fsp3) is 0.118. The monoisotopic (exact) mass is 319 g/mol. The van der Waals surface area contributed by atoms with Gasteiger partial charge in [-0.2, -0.15) is 18.2 Å². The Balaban J connectivity index is 2.00. The molecule has 0 radical (unpaired) electrons. The molecule has 1 heterocycles. The van der Waals surface area contributed by atoms with Crippen LogP contribution in [0.3, 0.4) is 0 Å². The number of hydrogen-bond donors (Lipinski definition) is 0. The first kappa shape index (κ1) is 15.1. The van der Waals surface area contributed by atoms with Crippen LogP contribution in [0.4, 0.5) is 13.2 Å². The lowest BCUT2D eigenvalue weighted by atomic mass is 10.2. The lowest BCUT2D eigenvalue weighted by molar-refractivity contribution is -0.153. The third-order valence-electron chi connectivity index (χ3n) is 3.03. The van der Waals surface area contributed by atoms with E-state index in [0.29, 0.717) is 11.1 Å². The summed E-state index contributed by atoms with van der Waals surface area (Å²) >= 11 is 0. The summed E-state index contributed by atoms with van der Waals surface area (Å²) in [6, 6.07) is 17.7. The highest BCUT2D eigenvalue weighted by molar-refractivity contribution is 5.66. The van der Waals surface area contributed by atoms with Crippen LogP contribution in [0.25, 0.3) is 22.8 Å². The highest BCUT2D eigenvalue weighted by atomic mass is 19.4. The van der Waals surface area contributed by atoms with E-state index >= 15 is 0 Å². The fourth-order valence-corrected chi connectivity index (χ4v) is 2.03. The minimum Gasteiger partial charge on any atom is -0.465 e. The zero-order valence-electron chi connectivity index (χ0n) is 11.9. The van der Waals surface area contributed by atoms with Gasteiger partial charge in [0.25, 0.3) is 5.88 Å². The van der Waals surface area contributed by atoms with Gasteiger partial charge < -0.3 is 9.15 Å². The van der Waals surface area contributed by atoms with Crippen LogP contribution >= 0.6 is 0 Å². The number of hydrogen-bond acceptors (Lipinski definition) is 3. The molecule has 0 aliphatic heterocycles. The Labute approximate surface area is 130 Å². The smallest absolute Gasteiger partial charge is 0.422 e. The summed E-state index contributed by atoms with van der Waals surface area (Å²) < 4.78 is 47.7. The van der Waals surface area contributed by atoms with Gasteiger partial charge in [0.2, 0.25) is 5.89 Å². The van der Waals surface area contributed by atoms with Crippen molar-refractivity contribution in [2.75, 3.05) is 6.61 Å². The summed E-state index contributed by atoms with van der Waals surface area (Å²) in [5.74, 6) is 0.211. The largest absolute Gasteiger partial charge is 0.465 e. The first-order chi connectivity index (χ1) is 11.0. The summed E-state index contributed by atoms with van der Waals surface area (Å²) in [6.45, 7) is -1.42. The second-order valence-electron chi connectivity index (χ2n) is 4.79. The van der Waals surface area contributed by atoms with E-state index in [1.54, 1.807) is 54.6 Å². The molecule has 2 aromatic carbocycles. The van der Waals surface area contributed by atoms with Gasteiger partial charge in [0.15, 0.2) is 12.4 Å². The van der Waals surface area contributed by atoms with Crippen molar-refractivity contribution >= 4 is 0 Å². The van der Waals surface area contributed by atoms with Crippen molar-refractivity contribution in [2.24, 2.45) is 0 Å². The minimum absolute atomic E-state index is 0.174. The molecule has 0 unspecified atom stereocenters. The highest BCUT2D eigenvalue weighted by Gasteiger charge is 2.30. The normalized spacial score (nSPS) is 11.4. The fourth-order valence-electron chi connectivity index (χ4n) is 2.03. The van der Waals surface area contributed by atoms with Gasteiger partial charge >= 0.3 is 6.18 Å². The van der Waals surface area contributed by atoms with Crippen molar-refractivity contribution in [1.82, 2.24) is 4.98 Å². The summed E-state index contributed by atoms with van der Waals surface area (Å²) in [5, 5.41) is 0. The zero-order chi connectivity index (χ0) is 16.3. The number of alkyl halides is 3. The third kappa shape index (κ3) is 3.71. The lowest BCUT2D eigenvalue weighted by Gasteiger charge is -2.07. The van der Waals surface area contributed by atoms with Gasteiger partial charge in [-0.05, 0) is 12.1 Å². The standard InChI is InChI=1S/C17H12F3NO2/c18-17(19,20)11-22-16-14(12-7-3-1-4-8-12)23-15(21-16)13-9-5-2-6-10-13/h1-10H,11H2. The van der Waals surface area contributed by atoms with Crippen LogP contribution < -0.4 is 4.74 Å². The average molecular weight is 319 g/mol. The Morgan fingerprint density at radius 1 is 0.870 bits per heavy atom. The molecule has 0 aliphatic carbocycles. The number of rotatable bonds is 4. The second kappa shape index (κ2) is 6.16. The maximum atomic E-state index is 12.4. The van der Waals surface area contributed by atoms with E-state index in [0.717, 1.165) is 0 Å². The molecule has 0 saturated carbocycles. The van der Waals surface area contributed by atoms with Crippen molar-refractivity contribution in [2.45, 2.75) is 6.18 Å². The molecule has 0 fully saturated rings. The molecule has 6 heteroatoms. The van der Waals surface area contributed by atoms with E-state index in [-0.39, 0.29) is 17.5 Å². The molecular weight excluding hydrogens is 307 g/mol. The van der Waals surface area contributed by atoms with Crippen molar-refractivity contribution in [3.63, 3.8) is 0 Å². The Morgan fingerprint density at radius 3 is 2.00 bits per heavy atom. The van der Waals surface area contributed by atoms with E-state index in [1.807, 2.05) is 6.07 Å². The topological polar surface area (TPSA) is 35.3 Å². The number of nitrogens with zero attached hydrogens (tertiary/aromatic N) is 1. The SMILES string of the molecule is FC(F)(F)COc1nc(-c2ccccc2)oc1-c1ccccc1.